The van der Waals surface area contributed by atoms with Crippen LogP contribution in [0.25, 0.3) is 54.1 Å². The number of aromatic carboxylic acids is 1. The van der Waals surface area contributed by atoms with E-state index in [2.05, 4.69) is 17.1 Å². The molecule has 222 valence electrons. The van der Waals surface area contributed by atoms with E-state index in [1.165, 1.54) is 11.3 Å². The Hall–Kier alpha value is -4.03. The summed E-state index contributed by atoms with van der Waals surface area (Å²) in [6.45, 7) is 4.93. The molecule has 7 rings (SSSR count). The van der Waals surface area contributed by atoms with Crippen molar-refractivity contribution >= 4 is 66.8 Å². The van der Waals surface area contributed by atoms with E-state index in [4.69, 9.17) is 4.98 Å². The molecule has 0 bridgehead atoms. The number of hydrogen-bond acceptors (Lipinski definition) is 7. The van der Waals surface area contributed by atoms with E-state index in [9.17, 15) is 19.2 Å². The fourth-order valence-corrected chi connectivity index (χ4v) is 8.87. The lowest BCUT2D eigenvalue weighted by Gasteiger charge is -2.28. The molecule has 0 unspecified atom stereocenters. The number of nitrogens with zero attached hydrogens (tertiary/aromatic N) is 4. The molecule has 8 nitrogen and oxygen atoms in total. The highest BCUT2D eigenvalue weighted by atomic mass is 32.2. The standard InChI is InChI=1S/C33H28N4O4S3/c1-19-31(42-20(2)34-19)25-11-8-22-16-23(9-10-24(22)35-25)30-29(21-6-4-3-5-7-21)32-26(17-27(43-32)33(39)40)37(30)18-28(38)36-12-14-44(41)15-13-36/h3-11,16-17H,12-15,18H2,1-2H3,(H,39,40). The van der Waals surface area contributed by atoms with E-state index >= 15 is 0 Å². The summed E-state index contributed by atoms with van der Waals surface area (Å²) in [4.78, 5) is 38.3. The molecular formula is C33H28N4O4S3. The first kappa shape index (κ1) is 28.7. The predicted molar refractivity (Wildman–Crippen MR) is 178 cm³/mol. The molecule has 0 radical (unpaired) electrons. The molecule has 0 aliphatic carbocycles. The minimum Gasteiger partial charge on any atom is -0.616 e. The Morgan fingerprint density at radius 3 is 2.43 bits per heavy atom. The first-order chi connectivity index (χ1) is 21.3. The minimum atomic E-state index is -0.998. The van der Waals surface area contributed by atoms with Crippen molar-refractivity contribution in [1.29, 1.82) is 0 Å². The van der Waals surface area contributed by atoms with Crippen molar-refractivity contribution in [3.63, 3.8) is 0 Å². The summed E-state index contributed by atoms with van der Waals surface area (Å²) < 4.78 is 14.7. The van der Waals surface area contributed by atoms with E-state index in [0.717, 1.165) is 59.3 Å². The van der Waals surface area contributed by atoms with Crippen LogP contribution in [0, 0.1) is 13.8 Å². The maximum absolute atomic E-state index is 13.7. The van der Waals surface area contributed by atoms with Crippen molar-refractivity contribution in [2.24, 2.45) is 0 Å². The number of carboxylic acids is 1. The average molecular weight is 641 g/mol. The predicted octanol–water partition coefficient (Wildman–Crippen LogP) is 6.61. The first-order valence-corrected chi connectivity index (χ1v) is 17.3. The molecule has 4 aromatic heterocycles. The Labute approximate surface area is 264 Å². The molecule has 5 heterocycles. The second-order valence-corrected chi connectivity index (χ2v) is 14.7. The van der Waals surface area contributed by atoms with Gasteiger partial charge in [-0.25, -0.2) is 14.8 Å². The molecule has 1 amide bonds. The molecule has 1 aliphatic heterocycles. The molecule has 6 aromatic rings. The van der Waals surface area contributed by atoms with Gasteiger partial charge in [0.1, 0.15) is 22.9 Å². The average Bonchev–Trinajstić information content (AvgIpc) is 3.69. The van der Waals surface area contributed by atoms with Gasteiger partial charge in [-0.2, -0.15) is 0 Å². The van der Waals surface area contributed by atoms with Gasteiger partial charge in [-0.1, -0.05) is 53.6 Å². The van der Waals surface area contributed by atoms with Crippen LogP contribution >= 0.6 is 22.7 Å². The number of thiazole rings is 1. The molecule has 2 aromatic carbocycles. The lowest BCUT2D eigenvalue weighted by atomic mass is 10.00. The molecule has 0 atom stereocenters. The number of hydrogen-bond donors (Lipinski definition) is 1. The summed E-state index contributed by atoms with van der Waals surface area (Å²) in [7, 11) is 0. The number of rotatable bonds is 6. The second-order valence-electron chi connectivity index (χ2n) is 10.8. The van der Waals surface area contributed by atoms with Crippen molar-refractivity contribution in [3.8, 4) is 33.0 Å². The number of carbonyl (C=O) groups is 2. The monoisotopic (exact) mass is 640 g/mol. The summed E-state index contributed by atoms with van der Waals surface area (Å²) in [6, 6.07) is 21.8. The summed E-state index contributed by atoms with van der Waals surface area (Å²) in [5.41, 5.74) is 7.00. The number of pyridine rings is 1. The number of benzene rings is 2. The van der Waals surface area contributed by atoms with E-state index in [-0.39, 0.29) is 17.3 Å². The fourth-order valence-electron chi connectivity index (χ4n) is 5.86. The van der Waals surface area contributed by atoms with Crippen molar-refractivity contribution in [2.75, 3.05) is 24.6 Å². The molecule has 44 heavy (non-hydrogen) atoms. The van der Waals surface area contributed by atoms with Crippen LogP contribution in [0.2, 0.25) is 0 Å². The van der Waals surface area contributed by atoms with Crippen molar-refractivity contribution < 1.29 is 19.2 Å². The van der Waals surface area contributed by atoms with Crippen molar-refractivity contribution in [3.05, 3.63) is 82.3 Å². The largest absolute Gasteiger partial charge is 0.616 e. The van der Waals surface area contributed by atoms with Crippen molar-refractivity contribution in [2.45, 2.75) is 20.4 Å². The zero-order chi connectivity index (χ0) is 30.5. The molecular weight excluding hydrogens is 613 g/mol. The van der Waals surface area contributed by atoms with Gasteiger partial charge in [-0.15, -0.1) is 22.7 Å². The Bertz CT molecular complexity index is 2060. The molecule has 0 spiro atoms. The lowest BCUT2D eigenvalue weighted by Crippen LogP contribution is -2.45. The van der Waals surface area contributed by atoms with Gasteiger partial charge in [0.05, 0.1) is 55.8 Å². The van der Waals surface area contributed by atoms with E-state index < -0.39 is 17.1 Å². The normalized spacial score (nSPS) is 14.1. The Kier molecular flexibility index (Phi) is 7.49. The maximum Gasteiger partial charge on any atom is 0.345 e. The van der Waals surface area contributed by atoms with Gasteiger partial charge in [0.2, 0.25) is 5.91 Å². The quantitative estimate of drug-likeness (QED) is 0.205. The molecule has 1 aliphatic rings. The zero-order valence-corrected chi connectivity index (χ0v) is 26.5. The number of aryl methyl sites for hydroxylation is 2. The molecule has 11 heteroatoms. The maximum atomic E-state index is 13.7. The number of fused-ring (bicyclic) bond motifs is 2. The molecule has 1 N–H and O–H groups in total. The highest BCUT2D eigenvalue weighted by Gasteiger charge is 2.28. The van der Waals surface area contributed by atoms with Gasteiger partial charge in [-0.05, 0) is 49.2 Å². The number of amides is 1. The SMILES string of the molecule is Cc1nc(C)c(-c2ccc3cc(-c4c(-c5ccccc5)c5sc(C(=O)O)cc5n4CC(=O)N4CC[S+]([O-])CC4)ccc3n2)s1. The van der Waals surface area contributed by atoms with Crippen LogP contribution in [0.5, 0.6) is 0 Å². The van der Waals surface area contributed by atoms with E-state index in [1.54, 1.807) is 22.3 Å². The van der Waals surface area contributed by atoms with Crippen LogP contribution in [0.1, 0.15) is 20.4 Å². The topological polar surface area (TPSA) is 111 Å². The Balaban J connectivity index is 1.41. The summed E-state index contributed by atoms with van der Waals surface area (Å²) >= 11 is 1.95. The lowest BCUT2D eigenvalue weighted by molar-refractivity contribution is -0.131. The Morgan fingerprint density at radius 2 is 1.73 bits per heavy atom. The fraction of sp³-hybridized carbons (Fsp3) is 0.212. The summed E-state index contributed by atoms with van der Waals surface area (Å²) in [6.07, 6.45) is 0. The third-order valence-electron chi connectivity index (χ3n) is 7.93. The number of aromatic nitrogens is 3. The van der Waals surface area contributed by atoms with Gasteiger partial charge < -0.3 is 19.1 Å². The number of carbonyl (C=O) groups excluding carboxylic acids is 1. The van der Waals surface area contributed by atoms with E-state index in [1.807, 2.05) is 66.9 Å². The van der Waals surface area contributed by atoms with Crippen molar-refractivity contribution in [1.82, 2.24) is 19.4 Å². The molecule has 1 saturated heterocycles. The van der Waals surface area contributed by atoms with Crippen LogP contribution < -0.4 is 0 Å². The third kappa shape index (κ3) is 5.19. The molecule has 0 saturated carbocycles. The number of carboxylic acid groups (broad SMARTS) is 1. The van der Waals surface area contributed by atoms with Crippen LogP contribution in [-0.2, 0) is 22.5 Å². The van der Waals surface area contributed by atoms with Crippen LogP contribution in [0.3, 0.4) is 0 Å². The smallest absolute Gasteiger partial charge is 0.345 e. The van der Waals surface area contributed by atoms with Gasteiger partial charge in [-0.3, -0.25) is 4.79 Å². The third-order valence-corrected chi connectivity index (χ3v) is 11.4. The summed E-state index contributed by atoms with van der Waals surface area (Å²) in [5, 5.41) is 11.8. The van der Waals surface area contributed by atoms with Gasteiger partial charge in [0, 0.05) is 10.9 Å². The van der Waals surface area contributed by atoms with Gasteiger partial charge in [0.25, 0.3) is 0 Å². The van der Waals surface area contributed by atoms with Crippen LogP contribution in [0.15, 0.2) is 66.7 Å². The summed E-state index contributed by atoms with van der Waals surface area (Å²) in [5.74, 6) is -0.139. The molecule has 1 fully saturated rings. The highest BCUT2D eigenvalue weighted by Crippen LogP contribution is 2.45. The number of thiophene rings is 1. The first-order valence-electron chi connectivity index (χ1n) is 14.2. The Morgan fingerprint density at radius 1 is 0.955 bits per heavy atom. The minimum absolute atomic E-state index is 0.0420. The highest BCUT2D eigenvalue weighted by molar-refractivity contribution is 7.91. The second kappa shape index (κ2) is 11.5. The van der Waals surface area contributed by atoms with Crippen LogP contribution in [0.4, 0.5) is 0 Å². The van der Waals surface area contributed by atoms with E-state index in [0.29, 0.717) is 30.1 Å². The zero-order valence-electron chi connectivity index (χ0n) is 24.1. The van der Waals surface area contributed by atoms with Crippen LogP contribution in [-0.4, -0.2) is 65.6 Å². The van der Waals surface area contributed by atoms with Gasteiger partial charge >= 0.3 is 5.97 Å². The van der Waals surface area contributed by atoms with Gasteiger partial charge in [0.15, 0.2) is 0 Å².